The molecule has 1 aliphatic heterocycles. The molecule has 1 aliphatic rings. The maximum absolute atomic E-state index is 14.4. The molecule has 1 aromatic heterocycles. The van der Waals surface area contributed by atoms with Gasteiger partial charge in [-0.1, -0.05) is 29.8 Å². The largest absolute Gasteiger partial charge is 0.374 e. The van der Waals surface area contributed by atoms with Gasteiger partial charge in [0.2, 0.25) is 0 Å². The number of rotatable bonds is 5. The number of fused-ring (bicyclic) bond motifs is 1. The van der Waals surface area contributed by atoms with Gasteiger partial charge in [-0.15, -0.1) is 11.8 Å². The molecule has 35 heavy (non-hydrogen) atoms. The van der Waals surface area contributed by atoms with Crippen LogP contribution in [0.4, 0.5) is 33.3 Å². The number of aromatic nitrogens is 1. The summed E-state index contributed by atoms with van der Waals surface area (Å²) in [7, 11) is 0. The van der Waals surface area contributed by atoms with Crippen molar-refractivity contribution in [3.63, 3.8) is 0 Å². The number of anilines is 2. The zero-order chi connectivity index (χ0) is 24.9. The van der Waals surface area contributed by atoms with Crippen molar-refractivity contribution in [3.8, 4) is 11.1 Å². The van der Waals surface area contributed by atoms with Crippen molar-refractivity contribution in [1.82, 2.24) is 4.98 Å². The Kier molecular flexibility index (Phi) is 6.23. The molecule has 0 unspecified atom stereocenters. The number of thioether (sulfide) groups is 1. The molecule has 0 bridgehead atoms. The van der Waals surface area contributed by atoms with Crippen molar-refractivity contribution in [2.75, 3.05) is 29.6 Å². The molecule has 2 heterocycles. The standard InChI is InChI=1S/C25H17ClF5N3S/c1-35-25-22(30)20(28)24(21(29)23(25)31)33-12-10-34(11-12)19-6-7-32-18-9-14(16(26)8-15(18)19)13-4-2-3-5-17(13)27/h2-9,12,33H,10-11H2,1H3. The molecule has 0 aliphatic carbocycles. The van der Waals surface area contributed by atoms with Crippen LogP contribution in [-0.4, -0.2) is 30.4 Å². The van der Waals surface area contributed by atoms with Crippen LogP contribution < -0.4 is 10.2 Å². The molecule has 0 atom stereocenters. The third-order valence-corrected chi connectivity index (χ3v) is 7.05. The predicted molar refractivity (Wildman–Crippen MR) is 130 cm³/mol. The van der Waals surface area contributed by atoms with Crippen LogP contribution in [0.2, 0.25) is 5.02 Å². The molecule has 3 nitrogen and oxygen atoms in total. The van der Waals surface area contributed by atoms with Gasteiger partial charge < -0.3 is 10.2 Å². The Hall–Kier alpha value is -3.04. The van der Waals surface area contributed by atoms with Gasteiger partial charge in [-0.05, 0) is 30.5 Å². The fourth-order valence-electron chi connectivity index (χ4n) is 4.20. The maximum atomic E-state index is 14.4. The van der Waals surface area contributed by atoms with Crippen LogP contribution in [0.15, 0.2) is 53.6 Å². The summed E-state index contributed by atoms with van der Waals surface area (Å²) < 4.78 is 71.3. The molecule has 180 valence electrons. The highest BCUT2D eigenvalue weighted by Crippen LogP contribution is 2.38. The fourth-order valence-corrected chi connectivity index (χ4v) is 5.00. The minimum absolute atomic E-state index is 0.318. The van der Waals surface area contributed by atoms with Gasteiger partial charge in [-0.2, -0.15) is 0 Å². The van der Waals surface area contributed by atoms with Gasteiger partial charge in [0.1, 0.15) is 11.5 Å². The minimum atomic E-state index is -1.45. The number of nitrogens with zero attached hydrogens (tertiary/aromatic N) is 2. The Morgan fingerprint density at radius 1 is 0.943 bits per heavy atom. The summed E-state index contributed by atoms with van der Waals surface area (Å²) in [4.78, 5) is 5.60. The number of benzene rings is 3. The van der Waals surface area contributed by atoms with Crippen molar-refractivity contribution < 1.29 is 22.0 Å². The summed E-state index contributed by atoms with van der Waals surface area (Å²) in [6.07, 6.45) is 2.94. The second-order valence-corrected chi connectivity index (χ2v) is 9.29. The number of hydrogen-bond donors (Lipinski definition) is 1. The molecule has 0 amide bonds. The van der Waals surface area contributed by atoms with E-state index in [1.165, 1.54) is 12.3 Å². The van der Waals surface area contributed by atoms with E-state index in [1.54, 1.807) is 42.6 Å². The average molecular weight is 522 g/mol. The molecule has 10 heteroatoms. The molecular formula is C25H17ClF5N3S. The Bertz CT molecular complexity index is 1430. The van der Waals surface area contributed by atoms with E-state index in [0.29, 0.717) is 46.5 Å². The van der Waals surface area contributed by atoms with Crippen LogP contribution in [0.1, 0.15) is 0 Å². The fraction of sp³-hybridized carbons (Fsp3) is 0.160. The molecule has 0 spiro atoms. The highest BCUT2D eigenvalue weighted by molar-refractivity contribution is 7.98. The van der Waals surface area contributed by atoms with Crippen molar-refractivity contribution in [3.05, 3.63) is 82.8 Å². The predicted octanol–water partition coefficient (Wildman–Crippen LogP) is 7.27. The van der Waals surface area contributed by atoms with Crippen LogP contribution >= 0.6 is 23.4 Å². The van der Waals surface area contributed by atoms with E-state index < -0.39 is 45.7 Å². The summed E-state index contributed by atoms with van der Waals surface area (Å²) in [5.41, 5.74) is 1.41. The summed E-state index contributed by atoms with van der Waals surface area (Å²) in [6, 6.07) is 11.0. The number of pyridine rings is 1. The highest BCUT2D eigenvalue weighted by atomic mass is 35.5. The maximum Gasteiger partial charge on any atom is 0.186 e. The first kappa shape index (κ1) is 23.7. The van der Waals surface area contributed by atoms with Crippen LogP contribution in [0.25, 0.3) is 22.0 Å². The molecule has 5 rings (SSSR count). The van der Waals surface area contributed by atoms with Crippen LogP contribution in [0.5, 0.6) is 0 Å². The quantitative estimate of drug-likeness (QED) is 0.170. The van der Waals surface area contributed by atoms with E-state index in [0.717, 1.165) is 11.1 Å². The van der Waals surface area contributed by atoms with Crippen LogP contribution in [0.3, 0.4) is 0 Å². The van der Waals surface area contributed by atoms with Crippen molar-refractivity contribution in [1.29, 1.82) is 0 Å². The first-order valence-corrected chi connectivity index (χ1v) is 12.1. The molecule has 1 saturated heterocycles. The topological polar surface area (TPSA) is 28.2 Å². The monoisotopic (exact) mass is 521 g/mol. The smallest absolute Gasteiger partial charge is 0.186 e. The van der Waals surface area contributed by atoms with E-state index in [2.05, 4.69) is 10.3 Å². The van der Waals surface area contributed by atoms with Gasteiger partial charge in [0, 0.05) is 46.5 Å². The molecule has 1 N–H and O–H groups in total. The van der Waals surface area contributed by atoms with Gasteiger partial charge in [0.15, 0.2) is 23.3 Å². The van der Waals surface area contributed by atoms with E-state index >= 15 is 0 Å². The first-order chi connectivity index (χ1) is 16.8. The number of halogens is 6. The molecule has 3 aromatic carbocycles. The molecule has 0 radical (unpaired) electrons. The van der Waals surface area contributed by atoms with Crippen LogP contribution in [-0.2, 0) is 0 Å². The average Bonchev–Trinajstić information content (AvgIpc) is 2.82. The van der Waals surface area contributed by atoms with E-state index in [1.807, 2.05) is 4.90 Å². The zero-order valence-electron chi connectivity index (χ0n) is 18.2. The number of hydrogen-bond acceptors (Lipinski definition) is 4. The third-order valence-electron chi connectivity index (χ3n) is 5.97. The Morgan fingerprint density at radius 3 is 2.29 bits per heavy atom. The summed E-state index contributed by atoms with van der Waals surface area (Å²) in [5.74, 6) is -6.15. The van der Waals surface area contributed by atoms with Crippen molar-refractivity contribution in [2.24, 2.45) is 0 Å². The second-order valence-electron chi connectivity index (χ2n) is 8.07. The van der Waals surface area contributed by atoms with Crippen molar-refractivity contribution in [2.45, 2.75) is 10.9 Å². The minimum Gasteiger partial charge on any atom is -0.374 e. The lowest BCUT2D eigenvalue weighted by atomic mass is 10.0. The first-order valence-electron chi connectivity index (χ1n) is 10.5. The van der Waals surface area contributed by atoms with E-state index in [4.69, 9.17) is 11.6 Å². The van der Waals surface area contributed by atoms with E-state index in [9.17, 15) is 22.0 Å². The summed E-state index contributed by atoms with van der Waals surface area (Å²) in [5, 5.41) is 3.64. The van der Waals surface area contributed by atoms with Gasteiger partial charge in [0.25, 0.3) is 0 Å². The van der Waals surface area contributed by atoms with Gasteiger partial charge >= 0.3 is 0 Å². The summed E-state index contributed by atoms with van der Waals surface area (Å²) in [6.45, 7) is 0.635. The SMILES string of the molecule is CSc1c(F)c(F)c(NC2CN(c3ccnc4cc(-c5ccccc5F)c(Cl)cc34)C2)c(F)c1F. The molecule has 4 aromatic rings. The molecular weight excluding hydrogens is 505 g/mol. The van der Waals surface area contributed by atoms with Gasteiger partial charge in [-0.3, -0.25) is 4.98 Å². The lowest BCUT2D eigenvalue weighted by Crippen LogP contribution is -2.55. The van der Waals surface area contributed by atoms with Crippen LogP contribution in [0, 0.1) is 29.1 Å². The highest BCUT2D eigenvalue weighted by Gasteiger charge is 2.32. The van der Waals surface area contributed by atoms with Gasteiger partial charge in [-0.25, -0.2) is 22.0 Å². The Labute approximate surface area is 206 Å². The summed E-state index contributed by atoms with van der Waals surface area (Å²) >= 11 is 7.09. The molecule has 1 fully saturated rings. The Balaban J connectivity index is 1.40. The normalized spacial score (nSPS) is 13.9. The Morgan fingerprint density at radius 2 is 1.63 bits per heavy atom. The van der Waals surface area contributed by atoms with Crippen molar-refractivity contribution >= 4 is 45.6 Å². The molecule has 0 saturated carbocycles. The zero-order valence-corrected chi connectivity index (χ0v) is 19.8. The van der Waals surface area contributed by atoms with E-state index in [-0.39, 0.29) is 0 Å². The third kappa shape index (κ3) is 4.06. The lowest BCUT2D eigenvalue weighted by molar-refractivity contribution is 0.426. The number of nitrogens with one attached hydrogen (secondary N) is 1. The van der Waals surface area contributed by atoms with Gasteiger partial charge in [0.05, 0.1) is 16.5 Å². The lowest BCUT2D eigenvalue weighted by Gasteiger charge is -2.42. The second kappa shape index (κ2) is 9.20.